The van der Waals surface area contributed by atoms with E-state index in [2.05, 4.69) is 41.9 Å². The summed E-state index contributed by atoms with van der Waals surface area (Å²) in [4.78, 5) is 97.9. The van der Waals surface area contributed by atoms with E-state index in [1.165, 1.54) is 24.9 Å². The summed E-state index contributed by atoms with van der Waals surface area (Å²) in [6, 6.07) is -1.29. The molecule has 4 rings (SSSR count). The third-order valence-corrected chi connectivity index (χ3v) is 7.68. The zero-order valence-corrected chi connectivity index (χ0v) is 26.1. The molecule has 0 saturated heterocycles. The van der Waals surface area contributed by atoms with Crippen LogP contribution in [0.5, 0.6) is 0 Å². The van der Waals surface area contributed by atoms with Crippen LogP contribution < -0.4 is 37.6 Å². The van der Waals surface area contributed by atoms with Crippen molar-refractivity contribution in [2.45, 2.75) is 69.1 Å². The van der Waals surface area contributed by atoms with Crippen LogP contribution in [0.3, 0.4) is 0 Å². The Kier molecular flexibility index (Phi) is 12.7. The number of nitrogens with zero attached hydrogens (tertiary/aromatic N) is 2. The number of nitrogens with two attached hydrogens (primary N) is 1. The summed E-state index contributed by atoms with van der Waals surface area (Å²) in [6.07, 6.45) is 9.60. The number of furan rings is 1. The van der Waals surface area contributed by atoms with Gasteiger partial charge in [0.1, 0.15) is 35.6 Å². The van der Waals surface area contributed by atoms with Crippen molar-refractivity contribution >= 4 is 41.4 Å². The Hall–Kier alpha value is -5.61. The van der Waals surface area contributed by atoms with Crippen LogP contribution in [0.15, 0.2) is 53.6 Å². The van der Waals surface area contributed by atoms with E-state index in [1.54, 1.807) is 12.1 Å². The molecule has 0 aromatic carbocycles. The first-order chi connectivity index (χ1) is 23.1. The van der Waals surface area contributed by atoms with Gasteiger partial charge in [-0.05, 0) is 43.7 Å². The number of aromatic nitrogens is 2. The molecule has 0 radical (unpaired) electrons. The molecule has 48 heavy (non-hydrogen) atoms. The number of hydrogen-bond acceptors (Lipinski definition) is 10. The summed E-state index contributed by atoms with van der Waals surface area (Å²) >= 11 is 0. The average molecular weight is 666 g/mol. The molecule has 4 atom stereocenters. The summed E-state index contributed by atoms with van der Waals surface area (Å²) in [5.41, 5.74) is 5.55. The molecule has 1 aliphatic carbocycles. The van der Waals surface area contributed by atoms with Crippen molar-refractivity contribution in [3.63, 3.8) is 0 Å². The molecule has 1 saturated carbocycles. The van der Waals surface area contributed by atoms with E-state index in [-0.39, 0.29) is 50.4 Å². The molecule has 17 nitrogen and oxygen atoms in total. The first-order valence-corrected chi connectivity index (χ1v) is 15.6. The standard InChI is InChI=1S/C31H39N9O8/c32-27(43)20-9-11-36-28(44)21(4-1-10-35-29(45)24-17-33-12-13-34-24)39-31(47)23(16-19-3-2-14-48-19)40-30(46)22(15-18-5-6-18)38-26(42)8-7-25(41)37-20/h2-3,7-8,12-14,17-18,20-23H,1,4-6,9-11,15-16H2,(H2,32,43)(H,35,45)(H,36,44)(H,37,41)(H,38,42)(H,39,47)(H,40,46)/b8-7+/t20-,21-,22-,23-/m0/s1. The second-order valence-corrected chi connectivity index (χ2v) is 11.5. The second-order valence-electron chi connectivity index (χ2n) is 11.5. The molecule has 1 aliphatic heterocycles. The third-order valence-electron chi connectivity index (χ3n) is 7.68. The fraction of sp³-hybridized carbons (Fsp3) is 0.452. The summed E-state index contributed by atoms with van der Waals surface area (Å²) in [7, 11) is 0. The van der Waals surface area contributed by atoms with Gasteiger partial charge in [0.25, 0.3) is 5.91 Å². The van der Waals surface area contributed by atoms with Crippen molar-refractivity contribution in [1.29, 1.82) is 0 Å². The van der Waals surface area contributed by atoms with E-state index in [1.807, 2.05) is 0 Å². The molecule has 0 bridgehead atoms. The highest BCUT2D eigenvalue weighted by Crippen LogP contribution is 2.33. The lowest BCUT2D eigenvalue weighted by molar-refractivity contribution is -0.133. The number of rotatable bonds is 10. The zero-order valence-electron chi connectivity index (χ0n) is 26.1. The molecule has 2 aromatic rings. The maximum absolute atomic E-state index is 13.7. The van der Waals surface area contributed by atoms with Gasteiger partial charge in [-0.25, -0.2) is 4.98 Å². The molecule has 0 unspecified atom stereocenters. The maximum Gasteiger partial charge on any atom is 0.271 e. The van der Waals surface area contributed by atoms with E-state index < -0.39 is 65.5 Å². The predicted molar refractivity (Wildman–Crippen MR) is 167 cm³/mol. The van der Waals surface area contributed by atoms with Crippen LogP contribution in [-0.2, 0) is 35.2 Å². The highest BCUT2D eigenvalue weighted by Gasteiger charge is 2.34. The number of amides is 7. The Labute approximate surface area is 275 Å². The summed E-state index contributed by atoms with van der Waals surface area (Å²) in [6.45, 7) is 0.0234. The highest BCUT2D eigenvalue weighted by molar-refractivity contribution is 6.00. The SMILES string of the molecule is NC(=O)[C@@H]1CCNC(=O)[C@H](CCCNC(=O)c2cnccn2)NC(=O)[C@H](Cc2ccco2)NC(=O)[C@H](CC2CC2)NC(=O)/C=C/C(=O)N1. The first-order valence-electron chi connectivity index (χ1n) is 15.6. The van der Waals surface area contributed by atoms with Crippen LogP contribution in [0.25, 0.3) is 0 Å². The quantitative estimate of drug-likeness (QED) is 0.139. The molecule has 256 valence electrons. The van der Waals surface area contributed by atoms with Crippen molar-refractivity contribution in [1.82, 2.24) is 41.9 Å². The lowest BCUT2D eigenvalue weighted by Crippen LogP contribution is -2.57. The maximum atomic E-state index is 13.7. The summed E-state index contributed by atoms with van der Waals surface area (Å²) < 4.78 is 5.41. The summed E-state index contributed by atoms with van der Waals surface area (Å²) in [5, 5.41) is 15.7. The Morgan fingerprint density at radius 3 is 2.29 bits per heavy atom. The Morgan fingerprint density at radius 1 is 0.896 bits per heavy atom. The summed E-state index contributed by atoms with van der Waals surface area (Å²) in [5.74, 6) is -4.20. The van der Waals surface area contributed by atoms with Crippen LogP contribution in [0, 0.1) is 5.92 Å². The smallest absolute Gasteiger partial charge is 0.271 e. The number of carbonyl (C=O) groups excluding carboxylic acids is 7. The van der Waals surface area contributed by atoms with Crippen molar-refractivity contribution in [3.05, 3.63) is 60.6 Å². The van der Waals surface area contributed by atoms with Gasteiger partial charge in [0.2, 0.25) is 35.4 Å². The fourth-order valence-electron chi connectivity index (χ4n) is 4.93. The third kappa shape index (κ3) is 11.3. The van der Waals surface area contributed by atoms with Crippen molar-refractivity contribution in [2.75, 3.05) is 13.1 Å². The van der Waals surface area contributed by atoms with E-state index in [0.29, 0.717) is 12.2 Å². The predicted octanol–water partition coefficient (Wildman–Crippen LogP) is -1.88. The molecular weight excluding hydrogens is 626 g/mol. The number of carbonyl (C=O) groups is 7. The van der Waals surface area contributed by atoms with E-state index in [0.717, 1.165) is 25.0 Å². The molecule has 3 heterocycles. The van der Waals surface area contributed by atoms with Crippen LogP contribution in [-0.4, -0.2) is 88.6 Å². The molecule has 2 aromatic heterocycles. The van der Waals surface area contributed by atoms with Crippen LogP contribution in [0.1, 0.15) is 54.8 Å². The van der Waals surface area contributed by atoms with Crippen LogP contribution in [0.4, 0.5) is 0 Å². The number of hydrogen-bond donors (Lipinski definition) is 7. The van der Waals surface area contributed by atoms with Crippen molar-refractivity contribution in [3.8, 4) is 0 Å². The van der Waals surface area contributed by atoms with Gasteiger partial charge in [-0.3, -0.25) is 38.5 Å². The zero-order chi connectivity index (χ0) is 34.5. The topological polar surface area (TPSA) is 257 Å². The number of nitrogens with one attached hydrogen (secondary N) is 6. The van der Waals surface area contributed by atoms with Crippen molar-refractivity contribution in [2.24, 2.45) is 11.7 Å². The van der Waals surface area contributed by atoms with Gasteiger partial charge in [-0.1, -0.05) is 12.8 Å². The Bertz CT molecular complexity index is 1490. The minimum absolute atomic E-state index is 0.0580. The fourth-order valence-corrected chi connectivity index (χ4v) is 4.93. The van der Waals surface area contributed by atoms with Gasteiger partial charge in [0.05, 0.1) is 12.5 Å². The average Bonchev–Trinajstić information content (AvgIpc) is 3.74. The van der Waals surface area contributed by atoms with Gasteiger partial charge >= 0.3 is 0 Å². The molecule has 0 spiro atoms. The van der Waals surface area contributed by atoms with E-state index in [4.69, 9.17) is 10.2 Å². The van der Waals surface area contributed by atoms with Crippen LogP contribution >= 0.6 is 0 Å². The molecule has 17 heteroatoms. The largest absolute Gasteiger partial charge is 0.469 e. The number of primary amides is 1. The first kappa shape index (κ1) is 35.2. The highest BCUT2D eigenvalue weighted by atomic mass is 16.3. The second kappa shape index (κ2) is 17.3. The molecule has 7 amide bonds. The lowest BCUT2D eigenvalue weighted by atomic mass is 10.1. The van der Waals surface area contributed by atoms with E-state index in [9.17, 15) is 33.6 Å². The van der Waals surface area contributed by atoms with Crippen molar-refractivity contribution < 1.29 is 38.0 Å². The monoisotopic (exact) mass is 665 g/mol. The van der Waals surface area contributed by atoms with Crippen LogP contribution in [0.2, 0.25) is 0 Å². The molecule has 1 fully saturated rings. The van der Waals surface area contributed by atoms with Gasteiger partial charge < -0.3 is 42.1 Å². The molecule has 2 aliphatic rings. The molecule has 8 N–H and O–H groups in total. The van der Waals surface area contributed by atoms with E-state index >= 15 is 0 Å². The van der Waals surface area contributed by atoms with Gasteiger partial charge in [-0.2, -0.15) is 0 Å². The Balaban J connectivity index is 1.54. The minimum Gasteiger partial charge on any atom is -0.469 e. The van der Waals surface area contributed by atoms with Gasteiger partial charge in [0, 0.05) is 44.1 Å². The van der Waals surface area contributed by atoms with Gasteiger partial charge in [0.15, 0.2) is 0 Å². The van der Waals surface area contributed by atoms with Gasteiger partial charge in [-0.15, -0.1) is 0 Å². The lowest BCUT2D eigenvalue weighted by Gasteiger charge is -2.25. The Morgan fingerprint density at radius 2 is 1.62 bits per heavy atom. The molecular formula is C31H39N9O8. The normalized spacial score (nSPS) is 23.6. The minimum atomic E-state index is -1.20.